The van der Waals surface area contributed by atoms with E-state index in [1.165, 1.54) is 5.56 Å². The first kappa shape index (κ1) is 10.2. The van der Waals surface area contributed by atoms with E-state index in [1.54, 1.807) is 0 Å². The Bertz CT molecular complexity index is 366. The van der Waals surface area contributed by atoms with Crippen molar-refractivity contribution in [1.29, 1.82) is 0 Å². The van der Waals surface area contributed by atoms with E-state index in [4.69, 9.17) is 10.8 Å². The molecule has 0 aromatic heterocycles. The maximum atomic E-state index is 10.9. The van der Waals surface area contributed by atoms with Crippen molar-refractivity contribution in [2.24, 2.45) is 5.73 Å². The molecule has 15 heavy (non-hydrogen) atoms. The lowest BCUT2D eigenvalue weighted by molar-refractivity contribution is -0.118. The average molecular weight is 205 g/mol. The van der Waals surface area contributed by atoms with Gasteiger partial charge in [0.05, 0.1) is 6.61 Å². The van der Waals surface area contributed by atoms with Gasteiger partial charge >= 0.3 is 0 Å². The molecule has 1 fully saturated rings. The molecule has 3 heteroatoms. The second-order valence-electron chi connectivity index (χ2n) is 4.28. The number of primary amides is 1. The minimum atomic E-state index is -0.237. The summed E-state index contributed by atoms with van der Waals surface area (Å²) in [4.78, 5) is 10.9. The minimum absolute atomic E-state index is 0.000180. The maximum Gasteiger partial charge on any atom is 0.218 e. The molecule has 0 atom stereocenters. The first-order valence-corrected chi connectivity index (χ1v) is 5.15. The van der Waals surface area contributed by atoms with Gasteiger partial charge in [0.1, 0.15) is 0 Å². The van der Waals surface area contributed by atoms with E-state index in [-0.39, 0.29) is 17.9 Å². The highest BCUT2D eigenvalue weighted by molar-refractivity contribution is 5.76. The van der Waals surface area contributed by atoms with Crippen molar-refractivity contribution < 1.29 is 9.90 Å². The molecule has 80 valence electrons. The lowest BCUT2D eigenvalue weighted by Crippen LogP contribution is -2.19. The fraction of sp³-hybridized carbons (Fsp3) is 0.417. The fourth-order valence-electron chi connectivity index (χ4n) is 2.02. The highest BCUT2D eigenvalue weighted by atomic mass is 16.3. The molecular formula is C12H15NO2. The van der Waals surface area contributed by atoms with Crippen molar-refractivity contribution in [1.82, 2.24) is 0 Å². The van der Waals surface area contributed by atoms with Gasteiger partial charge in [0.25, 0.3) is 0 Å². The molecule has 1 aromatic rings. The number of aliphatic hydroxyl groups excluding tert-OH is 1. The van der Waals surface area contributed by atoms with Crippen molar-refractivity contribution in [3.05, 3.63) is 35.4 Å². The summed E-state index contributed by atoms with van der Waals surface area (Å²) in [6.45, 7) is 0.0586. The Hall–Kier alpha value is -1.35. The predicted octanol–water partition coefficient (Wildman–Crippen LogP) is 1.09. The summed E-state index contributed by atoms with van der Waals surface area (Å²) in [7, 11) is 0. The van der Waals surface area contributed by atoms with Crippen LogP contribution in [0.4, 0.5) is 0 Å². The van der Waals surface area contributed by atoms with Crippen LogP contribution in [0.5, 0.6) is 0 Å². The van der Waals surface area contributed by atoms with Crippen LogP contribution in [0.3, 0.4) is 0 Å². The summed E-state index contributed by atoms with van der Waals surface area (Å²) in [6, 6.07) is 7.77. The summed E-state index contributed by atoms with van der Waals surface area (Å²) in [5.41, 5.74) is 7.30. The number of rotatable bonds is 4. The second-order valence-corrected chi connectivity index (χ2v) is 4.28. The fourth-order valence-corrected chi connectivity index (χ4v) is 2.02. The Labute approximate surface area is 88.9 Å². The van der Waals surface area contributed by atoms with Crippen LogP contribution in [0.1, 0.15) is 30.4 Å². The van der Waals surface area contributed by atoms with Gasteiger partial charge in [-0.3, -0.25) is 4.79 Å². The number of nitrogens with two attached hydrogens (primary N) is 1. The van der Waals surface area contributed by atoms with Gasteiger partial charge in [-0.2, -0.15) is 0 Å². The van der Waals surface area contributed by atoms with E-state index < -0.39 is 0 Å². The van der Waals surface area contributed by atoms with E-state index in [2.05, 4.69) is 0 Å². The summed E-state index contributed by atoms with van der Waals surface area (Å²) < 4.78 is 0. The number of amides is 1. The van der Waals surface area contributed by atoms with Crippen LogP contribution in [0.15, 0.2) is 24.3 Å². The van der Waals surface area contributed by atoms with Crippen LogP contribution < -0.4 is 5.73 Å². The summed E-state index contributed by atoms with van der Waals surface area (Å²) >= 11 is 0. The Kier molecular flexibility index (Phi) is 2.49. The summed E-state index contributed by atoms with van der Waals surface area (Å²) in [6.07, 6.45) is 2.51. The maximum absolute atomic E-state index is 10.9. The first-order valence-electron chi connectivity index (χ1n) is 5.15. The molecule has 1 saturated carbocycles. The zero-order valence-electron chi connectivity index (χ0n) is 8.57. The average Bonchev–Trinajstić information content (AvgIpc) is 2.98. The molecular weight excluding hydrogens is 190 g/mol. The molecule has 1 aliphatic rings. The van der Waals surface area contributed by atoms with Crippen molar-refractivity contribution in [3.63, 3.8) is 0 Å². The van der Waals surface area contributed by atoms with Crippen LogP contribution in [0.25, 0.3) is 0 Å². The van der Waals surface area contributed by atoms with Crippen molar-refractivity contribution in [3.8, 4) is 0 Å². The van der Waals surface area contributed by atoms with Gasteiger partial charge in [0, 0.05) is 11.8 Å². The van der Waals surface area contributed by atoms with Crippen LogP contribution in [0, 0.1) is 0 Å². The molecule has 0 aliphatic heterocycles. The summed E-state index contributed by atoms with van der Waals surface area (Å²) in [5.74, 6) is -0.237. The lowest BCUT2D eigenvalue weighted by Gasteiger charge is -2.13. The molecule has 3 nitrogen and oxygen atoms in total. The number of benzene rings is 1. The number of aliphatic hydroxyl groups is 1. The van der Waals surface area contributed by atoms with Crippen molar-refractivity contribution in [2.75, 3.05) is 0 Å². The molecule has 0 spiro atoms. The standard InChI is InChI=1S/C12H15NO2/c13-11(15)7-12(5-6-12)10-3-1-9(8-14)2-4-10/h1-4,14H,5-8H2,(H2,13,15). The Morgan fingerprint density at radius 1 is 1.33 bits per heavy atom. The number of carbonyl (C=O) groups is 1. The third kappa shape index (κ3) is 2.02. The van der Waals surface area contributed by atoms with Crippen molar-refractivity contribution >= 4 is 5.91 Å². The molecule has 1 amide bonds. The smallest absolute Gasteiger partial charge is 0.218 e. The normalized spacial score (nSPS) is 17.4. The predicted molar refractivity (Wildman–Crippen MR) is 57.1 cm³/mol. The third-order valence-electron chi connectivity index (χ3n) is 3.12. The van der Waals surface area contributed by atoms with Gasteiger partial charge in [0.15, 0.2) is 0 Å². The van der Waals surface area contributed by atoms with Gasteiger partial charge in [-0.15, -0.1) is 0 Å². The van der Waals surface area contributed by atoms with Gasteiger partial charge < -0.3 is 10.8 Å². The Balaban J connectivity index is 2.18. The highest BCUT2D eigenvalue weighted by Crippen LogP contribution is 2.50. The van der Waals surface area contributed by atoms with E-state index in [1.807, 2.05) is 24.3 Å². The number of hydrogen-bond donors (Lipinski definition) is 2. The minimum Gasteiger partial charge on any atom is -0.392 e. The zero-order valence-corrected chi connectivity index (χ0v) is 8.57. The molecule has 2 rings (SSSR count). The van der Waals surface area contributed by atoms with Crippen LogP contribution in [-0.4, -0.2) is 11.0 Å². The molecule has 0 radical (unpaired) electrons. The Morgan fingerprint density at radius 3 is 2.33 bits per heavy atom. The van der Waals surface area contributed by atoms with E-state index >= 15 is 0 Å². The van der Waals surface area contributed by atoms with E-state index in [0.29, 0.717) is 6.42 Å². The molecule has 1 aliphatic carbocycles. The lowest BCUT2D eigenvalue weighted by atomic mass is 9.91. The van der Waals surface area contributed by atoms with Gasteiger partial charge in [-0.25, -0.2) is 0 Å². The zero-order chi connectivity index (χ0) is 10.9. The number of hydrogen-bond acceptors (Lipinski definition) is 2. The molecule has 0 bridgehead atoms. The topological polar surface area (TPSA) is 63.3 Å². The van der Waals surface area contributed by atoms with E-state index in [0.717, 1.165) is 18.4 Å². The molecule has 0 saturated heterocycles. The van der Waals surface area contributed by atoms with E-state index in [9.17, 15) is 4.79 Å². The Morgan fingerprint density at radius 2 is 1.93 bits per heavy atom. The van der Waals surface area contributed by atoms with Gasteiger partial charge in [-0.05, 0) is 24.0 Å². The highest BCUT2D eigenvalue weighted by Gasteiger charge is 2.45. The summed E-state index contributed by atoms with van der Waals surface area (Å²) in [5, 5.41) is 8.92. The van der Waals surface area contributed by atoms with Crippen LogP contribution in [-0.2, 0) is 16.8 Å². The number of carbonyl (C=O) groups excluding carboxylic acids is 1. The molecule has 3 N–H and O–H groups in total. The molecule has 0 unspecified atom stereocenters. The van der Waals surface area contributed by atoms with Crippen LogP contribution in [0.2, 0.25) is 0 Å². The monoisotopic (exact) mass is 205 g/mol. The second kappa shape index (κ2) is 3.66. The van der Waals surface area contributed by atoms with Crippen LogP contribution >= 0.6 is 0 Å². The molecule has 0 heterocycles. The largest absolute Gasteiger partial charge is 0.392 e. The quantitative estimate of drug-likeness (QED) is 0.772. The van der Waals surface area contributed by atoms with Crippen molar-refractivity contribution in [2.45, 2.75) is 31.3 Å². The SMILES string of the molecule is NC(=O)CC1(c2ccc(CO)cc2)CC1. The van der Waals surface area contributed by atoms with Gasteiger partial charge in [-0.1, -0.05) is 24.3 Å². The third-order valence-corrected chi connectivity index (χ3v) is 3.12. The first-order chi connectivity index (χ1) is 7.16. The molecule has 1 aromatic carbocycles. The van der Waals surface area contributed by atoms with Gasteiger partial charge in [0.2, 0.25) is 5.91 Å².